The van der Waals surface area contributed by atoms with E-state index in [1.54, 1.807) is 20.0 Å². The standard InChI is InChI=1S/C23H33N5O5S/c1-13(2)20(28-19(29)11-24)22(31)27-18(21(30)26-17(23(32)33)8-9-34-3)10-14-12-25-16-7-5-4-6-15(14)16/h4-7,12-13,17-18,20,25H,8-11,24H2,1-3H3,(H,26,30)(H,27,31)(H,28,29)(H,32,33). The molecule has 0 aliphatic rings. The Labute approximate surface area is 202 Å². The van der Waals surface area contributed by atoms with Gasteiger partial charge >= 0.3 is 5.97 Å². The number of amides is 3. The van der Waals surface area contributed by atoms with Crippen molar-refractivity contribution in [2.45, 2.75) is 44.8 Å². The summed E-state index contributed by atoms with van der Waals surface area (Å²) in [4.78, 5) is 52.8. The van der Waals surface area contributed by atoms with E-state index >= 15 is 0 Å². The molecule has 11 heteroatoms. The molecule has 3 atom stereocenters. The number of fused-ring (bicyclic) bond motifs is 1. The number of hydrogen-bond acceptors (Lipinski definition) is 6. The van der Waals surface area contributed by atoms with E-state index in [4.69, 9.17) is 5.73 Å². The van der Waals surface area contributed by atoms with E-state index in [2.05, 4.69) is 20.9 Å². The van der Waals surface area contributed by atoms with Crippen molar-refractivity contribution >= 4 is 46.4 Å². The normalized spacial score (nSPS) is 13.8. The maximum Gasteiger partial charge on any atom is 0.326 e. The molecule has 0 bridgehead atoms. The summed E-state index contributed by atoms with van der Waals surface area (Å²) in [5.74, 6) is -2.50. The van der Waals surface area contributed by atoms with Crippen molar-refractivity contribution in [3.05, 3.63) is 36.0 Å². The van der Waals surface area contributed by atoms with Crippen LogP contribution in [0.4, 0.5) is 0 Å². The molecule has 1 aromatic heterocycles. The molecule has 7 N–H and O–H groups in total. The third-order valence-corrected chi connectivity index (χ3v) is 6.05. The Morgan fingerprint density at radius 2 is 1.74 bits per heavy atom. The molecule has 0 saturated carbocycles. The Balaban J connectivity index is 2.30. The first kappa shape index (κ1) is 27.2. The highest BCUT2D eigenvalue weighted by atomic mass is 32.2. The highest BCUT2D eigenvalue weighted by Gasteiger charge is 2.31. The van der Waals surface area contributed by atoms with Crippen molar-refractivity contribution < 1.29 is 24.3 Å². The topological polar surface area (TPSA) is 166 Å². The number of nitrogens with two attached hydrogens (primary N) is 1. The Hall–Kier alpha value is -3.05. The molecule has 186 valence electrons. The number of carbonyl (C=O) groups is 4. The first-order valence-corrected chi connectivity index (χ1v) is 12.4. The molecule has 3 unspecified atom stereocenters. The molecular weight excluding hydrogens is 458 g/mol. The highest BCUT2D eigenvalue weighted by Crippen LogP contribution is 2.19. The van der Waals surface area contributed by atoms with Gasteiger partial charge in [0.2, 0.25) is 17.7 Å². The summed E-state index contributed by atoms with van der Waals surface area (Å²) in [7, 11) is 0. The zero-order chi connectivity index (χ0) is 25.3. The first-order chi connectivity index (χ1) is 16.2. The smallest absolute Gasteiger partial charge is 0.326 e. The van der Waals surface area contributed by atoms with Gasteiger partial charge in [-0.25, -0.2) is 4.79 Å². The number of carboxylic acids is 1. The summed E-state index contributed by atoms with van der Waals surface area (Å²) >= 11 is 1.47. The lowest BCUT2D eigenvalue weighted by atomic mass is 10.0. The van der Waals surface area contributed by atoms with E-state index < -0.39 is 41.8 Å². The third kappa shape index (κ3) is 7.49. The summed E-state index contributed by atoms with van der Waals surface area (Å²) < 4.78 is 0. The lowest BCUT2D eigenvalue weighted by Gasteiger charge is -2.26. The second-order valence-corrected chi connectivity index (χ2v) is 9.28. The average molecular weight is 492 g/mol. The van der Waals surface area contributed by atoms with Crippen LogP contribution >= 0.6 is 11.8 Å². The van der Waals surface area contributed by atoms with Gasteiger partial charge in [0.25, 0.3) is 0 Å². The fourth-order valence-electron chi connectivity index (χ4n) is 3.52. The van der Waals surface area contributed by atoms with Gasteiger partial charge in [0, 0.05) is 23.5 Å². The third-order valence-electron chi connectivity index (χ3n) is 5.41. The minimum absolute atomic E-state index is 0.131. The molecule has 0 radical (unpaired) electrons. The molecule has 0 saturated heterocycles. The first-order valence-electron chi connectivity index (χ1n) is 11.0. The Morgan fingerprint density at radius 1 is 1.06 bits per heavy atom. The molecule has 1 aromatic carbocycles. The monoisotopic (exact) mass is 491 g/mol. The number of carbonyl (C=O) groups excluding carboxylic acids is 3. The van der Waals surface area contributed by atoms with Crippen LogP contribution in [0.15, 0.2) is 30.5 Å². The van der Waals surface area contributed by atoms with Crippen molar-refractivity contribution in [2.75, 3.05) is 18.6 Å². The number of carboxylic acid groups (broad SMARTS) is 1. The second-order valence-electron chi connectivity index (χ2n) is 8.30. The lowest BCUT2D eigenvalue weighted by molar-refractivity contribution is -0.142. The molecule has 0 aliphatic heterocycles. The van der Waals surface area contributed by atoms with Gasteiger partial charge in [-0.2, -0.15) is 11.8 Å². The van der Waals surface area contributed by atoms with Gasteiger partial charge < -0.3 is 31.8 Å². The maximum absolute atomic E-state index is 13.2. The lowest BCUT2D eigenvalue weighted by Crippen LogP contribution is -2.58. The van der Waals surface area contributed by atoms with Crippen LogP contribution in [-0.4, -0.2) is 70.5 Å². The average Bonchev–Trinajstić information content (AvgIpc) is 3.21. The predicted molar refractivity (Wildman–Crippen MR) is 132 cm³/mol. The number of rotatable bonds is 13. The Morgan fingerprint density at radius 3 is 2.35 bits per heavy atom. The fourth-order valence-corrected chi connectivity index (χ4v) is 4.00. The van der Waals surface area contributed by atoms with Crippen LogP contribution in [0.25, 0.3) is 10.9 Å². The summed E-state index contributed by atoms with van der Waals surface area (Å²) in [6, 6.07) is 4.50. The second kappa shape index (κ2) is 13.0. The van der Waals surface area contributed by atoms with Crippen LogP contribution in [0.5, 0.6) is 0 Å². The number of hydrogen-bond donors (Lipinski definition) is 6. The molecule has 2 rings (SSSR count). The molecule has 0 aliphatic carbocycles. The van der Waals surface area contributed by atoms with Crippen LogP contribution in [-0.2, 0) is 25.6 Å². The molecular formula is C23H33N5O5S. The fraction of sp³-hybridized carbons (Fsp3) is 0.478. The summed E-state index contributed by atoms with van der Waals surface area (Å²) in [5.41, 5.74) is 7.04. The number of aromatic nitrogens is 1. The van der Waals surface area contributed by atoms with Crippen molar-refractivity contribution in [1.29, 1.82) is 0 Å². The largest absolute Gasteiger partial charge is 0.480 e. The minimum atomic E-state index is -1.14. The van der Waals surface area contributed by atoms with Gasteiger partial charge in [-0.3, -0.25) is 14.4 Å². The summed E-state index contributed by atoms with van der Waals surface area (Å²) in [5, 5.41) is 18.3. The SMILES string of the molecule is CSCCC(NC(=O)C(Cc1c[nH]c2ccccc12)NC(=O)C(NC(=O)CN)C(C)C)C(=O)O. The maximum atomic E-state index is 13.2. The Kier molecular flexibility index (Phi) is 10.4. The number of para-hydroxylation sites is 1. The van der Waals surface area contributed by atoms with Gasteiger partial charge in [-0.05, 0) is 36.0 Å². The zero-order valence-corrected chi connectivity index (χ0v) is 20.4. The van der Waals surface area contributed by atoms with E-state index in [0.29, 0.717) is 5.75 Å². The van der Waals surface area contributed by atoms with Crippen LogP contribution in [0, 0.1) is 5.92 Å². The molecule has 2 aromatic rings. The highest BCUT2D eigenvalue weighted by molar-refractivity contribution is 7.98. The minimum Gasteiger partial charge on any atom is -0.480 e. The van der Waals surface area contributed by atoms with Crippen LogP contribution in [0.3, 0.4) is 0 Å². The number of benzene rings is 1. The van der Waals surface area contributed by atoms with Gasteiger partial charge in [-0.15, -0.1) is 0 Å². The van der Waals surface area contributed by atoms with E-state index in [0.717, 1.165) is 16.5 Å². The van der Waals surface area contributed by atoms with E-state index in [-0.39, 0.29) is 25.3 Å². The van der Waals surface area contributed by atoms with E-state index in [1.807, 2.05) is 30.5 Å². The van der Waals surface area contributed by atoms with Gasteiger partial charge in [0.15, 0.2) is 0 Å². The van der Waals surface area contributed by atoms with E-state index in [9.17, 15) is 24.3 Å². The van der Waals surface area contributed by atoms with Crippen molar-refractivity contribution in [3.63, 3.8) is 0 Å². The Bertz CT molecular complexity index is 1010. The van der Waals surface area contributed by atoms with Crippen molar-refractivity contribution in [2.24, 2.45) is 11.7 Å². The van der Waals surface area contributed by atoms with Crippen LogP contribution in [0.2, 0.25) is 0 Å². The summed E-state index contributed by atoms with van der Waals surface area (Å²) in [6.07, 6.45) is 3.99. The van der Waals surface area contributed by atoms with Gasteiger partial charge in [0.05, 0.1) is 6.54 Å². The quantitative estimate of drug-likeness (QED) is 0.239. The van der Waals surface area contributed by atoms with Crippen LogP contribution < -0.4 is 21.7 Å². The van der Waals surface area contributed by atoms with E-state index in [1.165, 1.54) is 11.8 Å². The molecule has 34 heavy (non-hydrogen) atoms. The number of H-pyrrole nitrogens is 1. The summed E-state index contributed by atoms with van der Waals surface area (Å²) in [6.45, 7) is 3.25. The molecule has 0 fully saturated rings. The number of aliphatic carboxylic acids is 1. The van der Waals surface area contributed by atoms with Crippen LogP contribution in [0.1, 0.15) is 25.8 Å². The van der Waals surface area contributed by atoms with Crippen molar-refractivity contribution in [3.8, 4) is 0 Å². The predicted octanol–water partition coefficient (Wildman–Crippen LogP) is 0.617. The van der Waals surface area contributed by atoms with Crippen molar-refractivity contribution in [1.82, 2.24) is 20.9 Å². The molecule has 3 amide bonds. The molecule has 10 nitrogen and oxygen atoms in total. The number of aromatic amines is 1. The molecule has 1 heterocycles. The zero-order valence-electron chi connectivity index (χ0n) is 19.6. The van der Waals surface area contributed by atoms with Gasteiger partial charge in [0.1, 0.15) is 18.1 Å². The molecule has 0 spiro atoms. The van der Waals surface area contributed by atoms with Gasteiger partial charge in [-0.1, -0.05) is 32.0 Å². The number of thioether (sulfide) groups is 1. The number of nitrogens with one attached hydrogen (secondary N) is 4.